The first-order valence-corrected chi connectivity index (χ1v) is 11.1. The highest BCUT2D eigenvalue weighted by molar-refractivity contribution is 8.18. The van der Waals surface area contributed by atoms with Gasteiger partial charge in [0.1, 0.15) is 18.2 Å². The quantitative estimate of drug-likeness (QED) is 0.383. The number of amides is 2. The molecular formula is C25H19ClFNO3S. The van der Waals surface area contributed by atoms with E-state index in [4.69, 9.17) is 16.3 Å². The molecular weight excluding hydrogens is 449 g/mol. The molecule has 0 N–H and O–H groups in total. The fourth-order valence-electron chi connectivity index (χ4n) is 3.24. The molecule has 0 radical (unpaired) electrons. The SMILES string of the molecule is Cc1cccc(COc2ccc(/C=C3/SC(=O)N(Cc4ccc(F)cc4Cl)C3=O)cc2)c1. The summed E-state index contributed by atoms with van der Waals surface area (Å²) >= 11 is 6.90. The Hall–Kier alpha value is -3.09. The van der Waals surface area contributed by atoms with Gasteiger partial charge in [-0.25, -0.2) is 4.39 Å². The third-order valence-electron chi connectivity index (χ3n) is 4.88. The number of rotatable bonds is 6. The van der Waals surface area contributed by atoms with Crippen molar-refractivity contribution in [3.8, 4) is 5.75 Å². The number of benzene rings is 3. The van der Waals surface area contributed by atoms with E-state index in [9.17, 15) is 14.0 Å². The number of aryl methyl sites for hydroxylation is 1. The summed E-state index contributed by atoms with van der Waals surface area (Å²) in [6, 6.07) is 19.3. The van der Waals surface area contributed by atoms with Crippen LogP contribution >= 0.6 is 23.4 Å². The Balaban J connectivity index is 1.42. The van der Waals surface area contributed by atoms with Gasteiger partial charge < -0.3 is 4.74 Å². The highest BCUT2D eigenvalue weighted by atomic mass is 35.5. The van der Waals surface area contributed by atoms with Crippen molar-refractivity contribution in [3.63, 3.8) is 0 Å². The number of ether oxygens (including phenoxy) is 1. The molecule has 0 unspecified atom stereocenters. The number of hydrogen-bond acceptors (Lipinski definition) is 4. The lowest BCUT2D eigenvalue weighted by Gasteiger charge is -2.13. The summed E-state index contributed by atoms with van der Waals surface area (Å²) in [4.78, 5) is 26.5. The van der Waals surface area contributed by atoms with E-state index in [0.29, 0.717) is 22.8 Å². The Labute approximate surface area is 194 Å². The van der Waals surface area contributed by atoms with E-state index in [1.165, 1.54) is 17.7 Å². The number of carbonyl (C=O) groups is 2. The van der Waals surface area contributed by atoms with Crippen LogP contribution in [-0.4, -0.2) is 16.0 Å². The molecule has 2 amide bonds. The van der Waals surface area contributed by atoms with Gasteiger partial charge in [0, 0.05) is 5.02 Å². The van der Waals surface area contributed by atoms with Crippen molar-refractivity contribution in [3.05, 3.63) is 105 Å². The largest absolute Gasteiger partial charge is 0.489 e. The molecule has 0 atom stereocenters. The van der Waals surface area contributed by atoms with Crippen LogP contribution < -0.4 is 4.74 Å². The number of carbonyl (C=O) groups excluding carboxylic acids is 2. The molecule has 4 rings (SSSR count). The molecule has 0 spiro atoms. The summed E-state index contributed by atoms with van der Waals surface area (Å²) in [5.74, 6) is -0.165. The molecule has 1 aliphatic rings. The average Bonchev–Trinajstić information content (AvgIpc) is 3.02. The molecule has 3 aromatic rings. The minimum absolute atomic E-state index is 0.00709. The smallest absolute Gasteiger partial charge is 0.293 e. The van der Waals surface area contributed by atoms with E-state index in [0.717, 1.165) is 33.9 Å². The lowest BCUT2D eigenvalue weighted by molar-refractivity contribution is -0.123. The van der Waals surface area contributed by atoms with Gasteiger partial charge in [0.05, 0.1) is 11.4 Å². The molecule has 162 valence electrons. The van der Waals surface area contributed by atoms with Crippen molar-refractivity contribution in [2.24, 2.45) is 0 Å². The van der Waals surface area contributed by atoms with E-state index in [-0.39, 0.29) is 16.8 Å². The van der Waals surface area contributed by atoms with E-state index in [2.05, 4.69) is 6.07 Å². The predicted octanol–water partition coefficient (Wildman–Crippen LogP) is 6.60. The van der Waals surface area contributed by atoms with Crippen molar-refractivity contribution in [1.29, 1.82) is 0 Å². The summed E-state index contributed by atoms with van der Waals surface area (Å²) in [6.45, 7) is 2.49. The van der Waals surface area contributed by atoms with Crippen LogP contribution in [0.25, 0.3) is 6.08 Å². The zero-order valence-electron chi connectivity index (χ0n) is 17.2. The van der Waals surface area contributed by atoms with Crippen LogP contribution in [0.5, 0.6) is 5.75 Å². The molecule has 1 fully saturated rings. The van der Waals surface area contributed by atoms with Crippen LogP contribution in [0.1, 0.15) is 22.3 Å². The second-order valence-corrected chi connectivity index (χ2v) is 8.75. The monoisotopic (exact) mass is 467 g/mol. The zero-order valence-corrected chi connectivity index (χ0v) is 18.8. The van der Waals surface area contributed by atoms with Crippen molar-refractivity contribution >= 4 is 40.6 Å². The van der Waals surface area contributed by atoms with Crippen LogP contribution in [0.3, 0.4) is 0 Å². The summed E-state index contributed by atoms with van der Waals surface area (Å²) in [7, 11) is 0. The maximum atomic E-state index is 13.2. The fraction of sp³-hybridized carbons (Fsp3) is 0.120. The molecule has 4 nitrogen and oxygen atoms in total. The standard InChI is InChI=1S/C25H19ClFNO3S/c1-16-3-2-4-18(11-16)15-31-21-9-5-17(6-10-21)12-23-24(29)28(25(30)32-23)14-19-7-8-20(27)13-22(19)26/h2-13H,14-15H2,1H3/b23-12+. The zero-order chi connectivity index (χ0) is 22.7. The molecule has 1 heterocycles. The Morgan fingerprint density at radius 1 is 1.06 bits per heavy atom. The molecule has 0 saturated carbocycles. The van der Waals surface area contributed by atoms with Crippen LogP contribution in [0.4, 0.5) is 9.18 Å². The summed E-state index contributed by atoms with van der Waals surface area (Å²) in [5.41, 5.74) is 3.55. The van der Waals surface area contributed by atoms with Gasteiger partial charge in [0.25, 0.3) is 11.1 Å². The summed E-state index contributed by atoms with van der Waals surface area (Å²) < 4.78 is 19.1. The van der Waals surface area contributed by atoms with Gasteiger partial charge in [0.2, 0.25) is 0 Å². The number of thioether (sulfide) groups is 1. The fourth-order valence-corrected chi connectivity index (χ4v) is 4.30. The third kappa shape index (κ3) is 5.21. The van der Waals surface area contributed by atoms with Crippen LogP contribution in [-0.2, 0) is 17.9 Å². The Bertz CT molecular complexity index is 1210. The van der Waals surface area contributed by atoms with Gasteiger partial charge in [-0.15, -0.1) is 0 Å². The van der Waals surface area contributed by atoms with Gasteiger partial charge in [-0.1, -0.05) is 59.6 Å². The first-order chi connectivity index (χ1) is 15.4. The van der Waals surface area contributed by atoms with Gasteiger partial charge in [-0.2, -0.15) is 0 Å². The number of hydrogen-bond donors (Lipinski definition) is 0. The van der Waals surface area contributed by atoms with Gasteiger partial charge in [-0.05, 0) is 65.7 Å². The summed E-state index contributed by atoms with van der Waals surface area (Å²) in [6.07, 6.45) is 1.67. The van der Waals surface area contributed by atoms with Crippen molar-refractivity contribution in [2.75, 3.05) is 0 Å². The van der Waals surface area contributed by atoms with Crippen LogP contribution in [0, 0.1) is 12.7 Å². The van der Waals surface area contributed by atoms with Crippen molar-refractivity contribution in [2.45, 2.75) is 20.1 Å². The highest BCUT2D eigenvalue weighted by Gasteiger charge is 2.35. The minimum Gasteiger partial charge on any atom is -0.489 e. The van der Waals surface area contributed by atoms with Gasteiger partial charge in [0.15, 0.2) is 0 Å². The Morgan fingerprint density at radius 2 is 1.84 bits per heavy atom. The van der Waals surface area contributed by atoms with E-state index < -0.39 is 11.7 Å². The molecule has 1 aliphatic heterocycles. The molecule has 1 saturated heterocycles. The molecule has 32 heavy (non-hydrogen) atoms. The second kappa shape index (κ2) is 9.59. The third-order valence-corrected chi connectivity index (χ3v) is 6.14. The first kappa shape index (κ1) is 22.1. The van der Waals surface area contributed by atoms with E-state index >= 15 is 0 Å². The lowest BCUT2D eigenvalue weighted by Crippen LogP contribution is -2.27. The highest BCUT2D eigenvalue weighted by Crippen LogP contribution is 2.34. The van der Waals surface area contributed by atoms with Gasteiger partial charge >= 0.3 is 0 Å². The van der Waals surface area contributed by atoms with Crippen LogP contribution in [0.15, 0.2) is 71.6 Å². The number of nitrogens with zero attached hydrogens (tertiary/aromatic N) is 1. The van der Waals surface area contributed by atoms with Crippen molar-refractivity contribution in [1.82, 2.24) is 4.90 Å². The number of halogens is 2. The normalized spacial score (nSPS) is 15.0. The van der Waals surface area contributed by atoms with Crippen molar-refractivity contribution < 1.29 is 18.7 Å². The second-order valence-electron chi connectivity index (χ2n) is 7.35. The Kier molecular flexibility index (Phi) is 6.63. The molecule has 7 heteroatoms. The molecule has 0 aliphatic carbocycles. The number of imide groups is 1. The maximum Gasteiger partial charge on any atom is 0.293 e. The lowest BCUT2D eigenvalue weighted by atomic mass is 10.1. The first-order valence-electron chi connectivity index (χ1n) is 9.87. The minimum atomic E-state index is -0.473. The summed E-state index contributed by atoms with van der Waals surface area (Å²) in [5, 5.41) is -0.214. The van der Waals surface area contributed by atoms with Crippen LogP contribution in [0.2, 0.25) is 5.02 Å². The molecule has 3 aromatic carbocycles. The maximum absolute atomic E-state index is 13.2. The molecule has 0 bridgehead atoms. The van der Waals surface area contributed by atoms with Gasteiger partial charge in [-0.3, -0.25) is 14.5 Å². The topological polar surface area (TPSA) is 46.6 Å². The van der Waals surface area contributed by atoms with E-state index in [1.54, 1.807) is 6.08 Å². The average molecular weight is 468 g/mol. The Morgan fingerprint density at radius 3 is 2.56 bits per heavy atom. The molecule has 0 aromatic heterocycles. The predicted molar refractivity (Wildman–Crippen MR) is 125 cm³/mol. The van der Waals surface area contributed by atoms with E-state index in [1.807, 2.05) is 49.4 Å².